The zero-order valence-corrected chi connectivity index (χ0v) is 9.34. The maximum absolute atomic E-state index is 11.5. The minimum absolute atomic E-state index is 0.0892. The summed E-state index contributed by atoms with van der Waals surface area (Å²) in [4.78, 5) is 12.3. The fourth-order valence-corrected chi connectivity index (χ4v) is 3.10. The summed E-state index contributed by atoms with van der Waals surface area (Å²) in [5.74, 6) is 0. The minimum atomic E-state index is -2.21. The smallest absolute Gasteiger partial charge is 0.240 e. The van der Waals surface area contributed by atoms with Gasteiger partial charge in [-0.15, -0.1) is 10.6 Å². The van der Waals surface area contributed by atoms with Gasteiger partial charge in [-0.25, -0.2) is 0 Å². The van der Waals surface area contributed by atoms with Crippen LogP contribution < -0.4 is 0 Å². The molecule has 4 heteroatoms. The van der Waals surface area contributed by atoms with E-state index in [1.807, 2.05) is 30.3 Å². The van der Waals surface area contributed by atoms with Crippen molar-refractivity contribution in [2.75, 3.05) is 14.2 Å². The lowest BCUT2D eigenvalue weighted by atomic mass is 10.4. The van der Waals surface area contributed by atoms with Crippen LogP contribution in [0.4, 0.5) is 0 Å². The number of rotatable bonds is 3. The number of benzene rings is 1. The highest BCUT2D eigenvalue weighted by atomic mass is 32.3. The van der Waals surface area contributed by atoms with E-state index in [9.17, 15) is 4.79 Å². The summed E-state index contributed by atoms with van der Waals surface area (Å²) >= 11 is 0. The minimum Gasteiger partial charge on any atom is -0.276 e. The monoisotopic (exact) mass is 214 g/mol. The van der Waals surface area contributed by atoms with Crippen LogP contribution in [0, 0.1) is 0 Å². The summed E-state index contributed by atoms with van der Waals surface area (Å²) in [6.07, 6.45) is 0. The van der Waals surface area contributed by atoms with Crippen LogP contribution >= 0.6 is 10.6 Å². The van der Waals surface area contributed by atoms with Gasteiger partial charge in [-0.2, -0.15) is 0 Å². The molecule has 0 aliphatic rings. The van der Waals surface area contributed by atoms with Crippen molar-refractivity contribution in [2.24, 2.45) is 0 Å². The fourth-order valence-electron chi connectivity index (χ4n) is 1.26. The molecule has 0 N–H and O–H groups in total. The van der Waals surface area contributed by atoms with E-state index in [1.165, 1.54) is 21.1 Å². The molecule has 1 aromatic rings. The summed E-state index contributed by atoms with van der Waals surface area (Å²) < 4.78 is 10.5. The Labute approximate surface area is 85.8 Å². The Morgan fingerprint density at radius 2 is 1.64 bits per heavy atom. The molecule has 0 bridgehead atoms. The number of carbonyl (C=O) groups is 1. The Morgan fingerprint density at radius 3 is 2.00 bits per heavy atom. The molecule has 0 amide bonds. The molecule has 0 aliphatic carbocycles. The molecule has 0 heterocycles. The Morgan fingerprint density at radius 1 is 1.14 bits per heavy atom. The Kier molecular flexibility index (Phi) is 3.69. The number of hydrogen-bond acceptors (Lipinski definition) is 3. The highest BCUT2D eigenvalue weighted by Crippen LogP contribution is 2.56. The lowest BCUT2D eigenvalue weighted by Gasteiger charge is -2.37. The lowest BCUT2D eigenvalue weighted by Crippen LogP contribution is -2.13. The van der Waals surface area contributed by atoms with Gasteiger partial charge < -0.3 is 0 Å². The molecule has 0 spiro atoms. The van der Waals surface area contributed by atoms with E-state index in [1.54, 1.807) is 0 Å². The maximum atomic E-state index is 11.5. The van der Waals surface area contributed by atoms with Gasteiger partial charge in [0.05, 0.1) is 19.1 Å². The van der Waals surface area contributed by atoms with E-state index < -0.39 is 10.6 Å². The van der Waals surface area contributed by atoms with Crippen LogP contribution in [0.3, 0.4) is 0 Å². The van der Waals surface area contributed by atoms with Crippen molar-refractivity contribution in [1.82, 2.24) is 0 Å². The van der Waals surface area contributed by atoms with Crippen molar-refractivity contribution in [3.63, 3.8) is 0 Å². The van der Waals surface area contributed by atoms with Crippen molar-refractivity contribution in [3.05, 3.63) is 30.3 Å². The third-order valence-electron chi connectivity index (χ3n) is 1.90. The molecule has 0 radical (unpaired) electrons. The molecule has 0 atom stereocenters. The third-order valence-corrected chi connectivity index (χ3v) is 4.49. The van der Waals surface area contributed by atoms with Crippen molar-refractivity contribution in [3.8, 4) is 0 Å². The van der Waals surface area contributed by atoms with E-state index in [-0.39, 0.29) is 5.12 Å². The van der Waals surface area contributed by atoms with Gasteiger partial charge >= 0.3 is 0 Å². The molecule has 0 aliphatic heterocycles. The van der Waals surface area contributed by atoms with Crippen LogP contribution in [0.5, 0.6) is 0 Å². The van der Waals surface area contributed by atoms with Gasteiger partial charge in [-0.1, -0.05) is 18.2 Å². The second-order valence-electron chi connectivity index (χ2n) is 2.64. The van der Waals surface area contributed by atoms with Gasteiger partial charge in [-0.05, 0) is 12.1 Å². The summed E-state index contributed by atoms with van der Waals surface area (Å²) in [7, 11) is 0.780. The SMILES string of the molecule is COS(OC)(C(C)=O)c1ccccc1. The van der Waals surface area contributed by atoms with Crippen LogP contribution in [0.15, 0.2) is 35.2 Å². The van der Waals surface area contributed by atoms with E-state index >= 15 is 0 Å². The van der Waals surface area contributed by atoms with Crippen LogP contribution in [0.2, 0.25) is 0 Å². The van der Waals surface area contributed by atoms with Gasteiger partial charge in [-0.3, -0.25) is 13.2 Å². The standard InChI is InChI=1S/C10H14O3S/c1-9(11)14(12-2,13-3)10-7-5-4-6-8-10/h4-8H,1-3H3. The van der Waals surface area contributed by atoms with Crippen molar-refractivity contribution < 1.29 is 13.2 Å². The molecule has 1 aromatic carbocycles. The predicted molar refractivity (Wildman–Crippen MR) is 57.0 cm³/mol. The molecule has 0 saturated heterocycles. The maximum Gasteiger partial charge on any atom is 0.240 e. The molecule has 0 unspecified atom stereocenters. The van der Waals surface area contributed by atoms with E-state index in [0.717, 1.165) is 4.90 Å². The summed E-state index contributed by atoms with van der Waals surface area (Å²) in [5, 5.41) is -0.0892. The first-order valence-electron chi connectivity index (χ1n) is 4.17. The highest BCUT2D eigenvalue weighted by molar-refractivity contribution is 8.38. The second kappa shape index (κ2) is 4.59. The molecule has 1 rings (SSSR count). The largest absolute Gasteiger partial charge is 0.276 e. The lowest BCUT2D eigenvalue weighted by molar-refractivity contribution is -0.110. The van der Waals surface area contributed by atoms with E-state index in [4.69, 9.17) is 8.37 Å². The van der Waals surface area contributed by atoms with Crippen molar-refractivity contribution in [1.29, 1.82) is 0 Å². The van der Waals surface area contributed by atoms with Crippen molar-refractivity contribution in [2.45, 2.75) is 11.8 Å². The number of carbonyl (C=O) groups excluding carboxylic acids is 1. The van der Waals surface area contributed by atoms with E-state index in [0.29, 0.717) is 0 Å². The van der Waals surface area contributed by atoms with Gasteiger partial charge in [0.1, 0.15) is 0 Å². The highest BCUT2D eigenvalue weighted by Gasteiger charge is 2.26. The Balaban J connectivity index is 3.18. The molecule has 0 fully saturated rings. The molecule has 78 valence electrons. The molecular weight excluding hydrogens is 200 g/mol. The predicted octanol–water partition coefficient (Wildman–Crippen LogP) is 2.52. The molecular formula is C10H14O3S. The zero-order chi connectivity index (χ0) is 10.6. The fraction of sp³-hybridized carbons (Fsp3) is 0.300. The second-order valence-corrected chi connectivity index (χ2v) is 5.36. The van der Waals surface area contributed by atoms with Gasteiger partial charge in [0.2, 0.25) is 5.12 Å². The quantitative estimate of drug-likeness (QED) is 0.775. The van der Waals surface area contributed by atoms with Crippen LogP contribution in [0.25, 0.3) is 0 Å². The zero-order valence-electron chi connectivity index (χ0n) is 8.52. The average molecular weight is 214 g/mol. The third kappa shape index (κ3) is 1.82. The first kappa shape index (κ1) is 11.2. The average Bonchev–Trinajstić information content (AvgIpc) is 2.22. The summed E-state index contributed by atoms with van der Waals surface area (Å²) in [6, 6.07) is 9.28. The molecule has 0 aromatic heterocycles. The Hall–Kier alpha value is -0.840. The first-order valence-corrected chi connectivity index (χ1v) is 5.66. The first-order chi connectivity index (χ1) is 6.67. The van der Waals surface area contributed by atoms with Gasteiger partial charge in [0.15, 0.2) is 0 Å². The number of hydrogen-bond donors (Lipinski definition) is 0. The summed E-state index contributed by atoms with van der Waals surface area (Å²) in [5.41, 5.74) is 0. The Bertz CT molecular complexity index is 306. The topological polar surface area (TPSA) is 35.5 Å². The molecule has 3 nitrogen and oxygen atoms in total. The van der Waals surface area contributed by atoms with Gasteiger partial charge in [0.25, 0.3) is 0 Å². The molecule has 14 heavy (non-hydrogen) atoms. The van der Waals surface area contributed by atoms with Crippen molar-refractivity contribution >= 4 is 15.7 Å². The van der Waals surface area contributed by atoms with Crippen LogP contribution in [0.1, 0.15) is 6.92 Å². The van der Waals surface area contributed by atoms with Gasteiger partial charge in [0, 0.05) is 6.92 Å². The molecule has 0 saturated carbocycles. The van der Waals surface area contributed by atoms with E-state index in [2.05, 4.69) is 0 Å². The van der Waals surface area contributed by atoms with Crippen LogP contribution in [-0.4, -0.2) is 19.3 Å². The summed E-state index contributed by atoms with van der Waals surface area (Å²) in [6.45, 7) is 1.48. The van der Waals surface area contributed by atoms with Crippen LogP contribution in [-0.2, 0) is 13.2 Å². The normalized spacial score (nSPS) is 12.5.